The lowest BCUT2D eigenvalue weighted by atomic mass is 10.0. The zero-order valence-corrected chi connectivity index (χ0v) is 6.49. The molecule has 0 amide bonds. The van der Waals surface area contributed by atoms with Crippen LogP contribution in [0.25, 0.3) is 0 Å². The van der Waals surface area contributed by atoms with E-state index in [1.54, 1.807) is 18.4 Å². The normalized spacial score (nSPS) is 9.89. The molecule has 48 valence electrons. The lowest BCUT2D eigenvalue weighted by Gasteiger charge is -1.89. The Balaban J connectivity index is 2.61. The van der Waals surface area contributed by atoms with Gasteiger partial charge in [-0.15, -0.1) is 11.3 Å². The zero-order valence-electron chi connectivity index (χ0n) is 5.68. The van der Waals surface area contributed by atoms with Gasteiger partial charge < -0.3 is 4.74 Å². The van der Waals surface area contributed by atoms with Gasteiger partial charge in [-0.3, -0.25) is 0 Å². The molecule has 1 heterocycles. The van der Waals surface area contributed by atoms with Crippen LogP contribution >= 0.6 is 11.3 Å². The number of ether oxygens (including phenoxy) is 1. The van der Waals surface area contributed by atoms with Crippen LogP contribution in [-0.4, -0.2) is 15.0 Å². The van der Waals surface area contributed by atoms with Gasteiger partial charge in [0.15, 0.2) is 0 Å². The molecule has 3 heteroatoms. The van der Waals surface area contributed by atoms with Crippen molar-refractivity contribution in [2.75, 3.05) is 7.11 Å². The monoisotopic (exact) mass is 140 g/mol. The second-order valence-corrected chi connectivity index (χ2v) is 3.02. The molecule has 0 saturated heterocycles. The van der Waals surface area contributed by atoms with Gasteiger partial charge in [-0.2, -0.15) is 0 Å². The molecular formula is C6H9BOS. The van der Waals surface area contributed by atoms with Crippen molar-refractivity contribution in [2.24, 2.45) is 0 Å². The summed E-state index contributed by atoms with van der Waals surface area (Å²) in [5, 5.41) is 2.13. The topological polar surface area (TPSA) is 9.23 Å². The number of thiophene rings is 1. The predicted molar refractivity (Wildman–Crippen MR) is 43.2 cm³/mol. The average molecular weight is 140 g/mol. The number of hydrogen-bond donors (Lipinski definition) is 0. The fourth-order valence-corrected chi connectivity index (χ4v) is 1.55. The summed E-state index contributed by atoms with van der Waals surface area (Å²) in [6, 6.07) is 2.15. The summed E-state index contributed by atoms with van der Waals surface area (Å²) < 4.78 is 4.95. The summed E-state index contributed by atoms with van der Waals surface area (Å²) in [5.74, 6) is 0. The minimum Gasteiger partial charge on any atom is -0.379 e. The lowest BCUT2D eigenvalue weighted by Crippen LogP contribution is -1.94. The number of hydrogen-bond acceptors (Lipinski definition) is 2. The van der Waals surface area contributed by atoms with Crippen molar-refractivity contribution < 1.29 is 4.74 Å². The van der Waals surface area contributed by atoms with E-state index >= 15 is 0 Å². The Morgan fingerprint density at radius 1 is 1.78 bits per heavy atom. The Bertz CT molecular complexity index is 185. The third-order valence-electron chi connectivity index (χ3n) is 1.07. The Morgan fingerprint density at radius 3 is 3.00 bits per heavy atom. The molecule has 9 heavy (non-hydrogen) atoms. The van der Waals surface area contributed by atoms with Crippen LogP contribution < -0.4 is 5.46 Å². The summed E-state index contributed by atoms with van der Waals surface area (Å²) in [4.78, 5) is 1.30. The molecule has 0 radical (unpaired) electrons. The Morgan fingerprint density at radius 2 is 2.56 bits per heavy atom. The number of methoxy groups -OCH3 is 1. The van der Waals surface area contributed by atoms with Crippen LogP contribution in [0.5, 0.6) is 0 Å². The number of rotatable bonds is 2. The van der Waals surface area contributed by atoms with Gasteiger partial charge in [0.1, 0.15) is 7.85 Å². The van der Waals surface area contributed by atoms with Crippen LogP contribution in [0.4, 0.5) is 0 Å². The Hall–Kier alpha value is -0.275. The molecule has 0 aliphatic heterocycles. The fourth-order valence-electron chi connectivity index (χ4n) is 0.709. The van der Waals surface area contributed by atoms with Gasteiger partial charge in [0.25, 0.3) is 0 Å². The summed E-state index contributed by atoms with van der Waals surface area (Å²) in [5.41, 5.74) is 1.33. The van der Waals surface area contributed by atoms with Crippen molar-refractivity contribution in [3.05, 3.63) is 16.3 Å². The van der Waals surface area contributed by atoms with Crippen molar-refractivity contribution in [3.63, 3.8) is 0 Å². The van der Waals surface area contributed by atoms with Crippen LogP contribution in [0, 0.1) is 0 Å². The van der Waals surface area contributed by atoms with Crippen LogP contribution in [0.15, 0.2) is 11.4 Å². The van der Waals surface area contributed by atoms with Crippen LogP contribution in [0.2, 0.25) is 0 Å². The first-order valence-corrected chi connectivity index (χ1v) is 3.74. The molecule has 0 aliphatic rings. The molecule has 0 saturated carbocycles. The maximum atomic E-state index is 4.95. The summed E-state index contributed by atoms with van der Waals surface area (Å²) in [6.45, 7) is 0.749. The second-order valence-electron chi connectivity index (χ2n) is 2.02. The van der Waals surface area contributed by atoms with Gasteiger partial charge in [0.05, 0.1) is 6.61 Å². The van der Waals surface area contributed by atoms with Crippen molar-refractivity contribution in [2.45, 2.75) is 6.61 Å². The summed E-state index contributed by atoms with van der Waals surface area (Å²) >= 11 is 1.75. The molecule has 0 unspecified atom stereocenters. The van der Waals surface area contributed by atoms with E-state index in [0.29, 0.717) is 0 Å². The van der Waals surface area contributed by atoms with E-state index in [4.69, 9.17) is 4.74 Å². The fraction of sp³-hybridized carbons (Fsp3) is 0.333. The highest BCUT2D eigenvalue weighted by Gasteiger charge is 1.92. The lowest BCUT2D eigenvalue weighted by molar-refractivity contribution is 0.187. The molecule has 0 aromatic carbocycles. The molecule has 0 N–H and O–H groups in total. The second kappa shape index (κ2) is 3.04. The van der Waals surface area contributed by atoms with Crippen molar-refractivity contribution in [3.8, 4) is 0 Å². The summed E-state index contributed by atoms with van der Waals surface area (Å²) in [6.07, 6.45) is 0. The average Bonchev–Trinajstić information content (AvgIpc) is 2.17. The maximum absolute atomic E-state index is 4.95. The molecule has 0 spiro atoms. The molecule has 0 atom stereocenters. The van der Waals surface area contributed by atoms with Gasteiger partial charge in [0.2, 0.25) is 0 Å². The van der Waals surface area contributed by atoms with Gasteiger partial charge in [-0.1, -0.05) is 11.5 Å². The quantitative estimate of drug-likeness (QED) is 0.531. The highest BCUT2D eigenvalue weighted by atomic mass is 32.1. The molecule has 0 bridgehead atoms. The van der Waals surface area contributed by atoms with Crippen molar-refractivity contribution in [1.29, 1.82) is 0 Å². The highest BCUT2D eigenvalue weighted by Crippen LogP contribution is 2.06. The molecule has 0 aliphatic carbocycles. The van der Waals surface area contributed by atoms with Crippen LogP contribution in [0.1, 0.15) is 4.88 Å². The predicted octanol–water partition coefficient (Wildman–Crippen LogP) is 0.153. The van der Waals surface area contributed by atoms with Crippen molar-refractivity contribution >= 4 is 24.6 Å². The van der Waals surface area contributed by atoms with Crippen LogP contribution in [0.3, 0.4) is 0 Å². The zero-order chi connectivity index (χ0) is 6.69. The van der Waals surface area contributed by atoms with E-state index in [-0.39, 0.29) is 0 Å². The largest absolute Gasteiger partial charge is 0.379 e. The Kier molecular flexibility index (Phi) is 2.31. The molecule has 0 fully saturated rings. The maximum Gasteiger partial charge on any atom is 0.140 e. The first kappa shape index (κ1) is 6.84. The highest BCUT2D eigenvalue weighted by molar-refractivity contribution is 7.10. The van der Waals surface area contributed by atoms with E-state index in [9.17, 15) is 0 Å². The third kappa shape index (κ3) is 1.84. The minimum atomic E-state index is 0.749. The van der Waals surface area contributed by atoms with E-state index in [2.05, 4.69) is 19.3 Å². The van der Waals surface area contributed by atoms with Crippen molar-refractivity contribution in [1.82, 2.24) is 0 Å². The first-order chi connectivity index (χ1) is 4.33. The standard InChI is InChI=1S/C6H9BOS/c1-8-3-6-2-5(7)4-9-6/h2,4H,3,7H2,1H3. The van der Waals surface area contributed by atoms with Gasteiger partial charge in [-0.25, -0.2) is 0 Å². The van der Waals surface area contributed by atoms with Gasteiger partial charge in [-0.05, 0) is 5.38 Å². The molecule has 1 nitrogen and oxygen atoms in total. The van der Waals surface area contributed by atoms with E-state index in [0.717, 1.165) is 6.61 Å². The SMILES string of the molecule is Bc1csc(COC)c1. The van der Waals surface area contributed by atoms with Crippen LogP contribution in [-0.2, 0) is 11.3 Å². The molecule has 1 aromatic heterocycles. The summed E-state index contributed by atoms with van der Waals surface area (Å²) in [7, 11) is 3.81. The Labute approximate surface area is 60.1 Å². The van der Waals surface area contributed by atoms with E-state index in [1.807, 2.05) is 0 Å². The smallest absolute Gasteiger partial charge is 0.140 e. The molecule has 1 rings (SSSR count). The molecule has 1 aromatic rings. The van der Waals surface area contributed by atoms with E-state index < -0.39 is 0 Å². The molecular weight excluding hydrogens is 131 g/mol. The van der Waals surface area contributed by atoms with Gasteiger partial charge in [0, 0.05) is 12.0 Å². The van der Waals surface area contributed by atoms with Gasteiger partial charge >= 0.3 is 0 Å². The minimum absolute atomic E-state index is 0.749. The first-order valence-electron chi connectivity index (χ1n) is 2.86. The third-order valence-corrected chi connectivity index (χ3v) is 2.10. The van der Waals surface area contributed by atoms with E-state index in [1.165, 1.54) is 10.3 Å².